The zero-order valence-corrected chi connectivity index (χ0v) is 12.5. The van der Waals surface area contributed by atoms with Crippen molar-refractivity contribution in [2.45, 2.75) is 58.4 Å². The molecule has 0 radical (unpaired) electrons. The van der Waals surface area contributed by atoms with Gasteiger partial charge in [0, 0.05) is 6.04 Å². The van der Waals surface area contributed by atoms with E-state index in [4.69, 9.17) is 5.84 Å². The number of benzene rings is 1. The van der Waals surface area contributed by atoms with Gasteiger partial charge >= 0.3 is 0 Å². The highest BCUT2D eigenvalue weighted by Crippen LogP contribution is 2.36. The standard InChI is InChI=1S/C17H28N2/c1-12(2)14-8-10-16(11-9-14)17(19-18)15-6-4-13(3)5-7-15/h8-13,15,17,19H,4-7,18H2,1-3H3. The molecule has 0 aromatic heterocycles. The molecule has 2 heteroatoms. The molecule has 1 atom stereocenters. The molecule has 1 aromatic carbocycles. The summed E-state index contributed by atoms with van der Waals surface area (Å²) in [6, 6.07) is 9.30. The molecule has 1 aliphatic rings. The van der Waals surface area contributed by atoms with E-state index in [9.17, 15) is 0 Å². The molecule has 19 heavy (non-hydrogen) atoms. The van der Waals surface area contributed by atoms with Crippen molar-refractivity contribution >= 4 is 0 Å². The van der Waals surface area contributed by atoms with Gasteiger partial charge in [-0.05, 0) is 41.7 Å². The lowest BCUT2D eigenvalue weighted by atomic mass is 9.77. The molecule has 0 amide bonds. The van der Waals surface area contributed by atoms with Crippen molar-refractivity contribution in [3.8, 4) is 0 Å². The van der Waals surface area contributed by atoms with Crippen molar-refractivity contribution in [1.82, 2.24) is 5.43 Å². The molecule has 0 bridgehead atoms. The van der Waals surface area contributed by atoms with Crippen LogP contribution >= 0.6 is 0 Å². The van der Waals surface area contributed by atoms with Crippen LogP contribution in [-0.2, 0) is 0 Å². The summed E-state index contributed by atoms with van der Waals surface area (Å²) in [4.78, 5) is 0. The van der Waals surface area contributed by atoms with Crippen LogP contribution in [0.15, 0.2) is 24.3 Å². The van der Waals surface area contributed by atoms with Crippen molar-refractivity contribution in [1.29, 1.82) is 0 Å². The van der Waals surface area contributed by atoms with Crippen molar-refractivity contribution in [3.63, 3.8) is 0 Å². The third-order valence-electron chi connectivity index (χ3n) is 4.67. The number of hydrogen-bond donors (Lipinski definition) is 2. The van der Waals surface area contributed by atoms with E-state index in [2.05, 4.69) is 50.5 Å². The predicted molar refractivity (Wildman–Crippen MR) is 81.7 cm³/mol. The van der Waals surface area contributed by atoms with E-state index in [-0.39, 0.29) is 0 Å². The summed E-state index contributed by atoms with van der Waals surface area (Å²) >= 11 is 0. The number of hydrazine groups is 1. The second-order valence-corrected chi connectivity index (χ2v) is 6.49. The van der Waals surface area contributed by atoms with Crippen molar-refractivity contribution in [3.05, 3.63) is 35.4 Å². The molecule has 0 spiro atoms. The van der Waals surface area contributed by atoms with Crippen LogP contribution in [0, 0.1) is 11.8 Å². The zero-order valence-electron chi connectivity index (χ0n) is 12.5. The SMILES string of the molecule is CC1CCC(C(NN)c2ccc(C(C)C)cc2)CC1. The molecule has 2 nitrogen and oxygen atoms in total. The van der Waals surface area contributed by atoms with Gasteiger partial charge in [0.25, 0.3) is 0 Å². The van der Waals surface area contributed by atoms with Crippen LogP contribution < -0.4 is 11.3 Å². The van der Waals surface area contributed by atoms with Gasteiger partial charge in [0.1, 0.15) is 0 Å². The highest BCUT2D eigenvalue weighted by molar-refractivity contribution is 5.27. The summed E-state index contributed by atoms with van der Waals surface area (Å²) in [5.41, 5.74) is 5.79. The van der Waals surface area contributed by atoms with Crippen molar-refractivity contribution in [2.24, 2.45) is 17.7 Å². The lowest BCUT2D eigenvalue weighted by Crippen LogP contribution is -2.35. The molecule has 1 unspecified atom stereocenters. The van der Waals surface area contributed by atoms with Gasteiger partial charge in [0.05, 0.1) is 0 Å². The monoisotopic (exact) mass is 260 g/mol. The van der Waals surface area contributed by atoms with Gasteiger partial charge in [-0.25, -0.2) is 0 Å². The first kappa shape index (κ1) is 14.5. The molecule has 1 aliphatic carbocycles. The van der Waals surface area contributed by atoms with Crippen LogP contribution in [0.5, 0.6) is 0 Å². The first-order chi connectivity index (χ1) is 9.11. The molecule has 3 N–H and O–H groups in total. The fourth-order valence-electron chi connectivity index (χ4n) is 3.21. The lowest BCUT2D eigenvalue weighted by molar-refractivity contribution is 0.232. The largest absolute Gasteiger partial charge is 0.271 e. The summed E-state index contributed by atoms with van der Waals surface area (Å²) in [6.45, 7) is 6.82. The maximum Gasteiger partial charge on any atom is 0.0488 e. The van der Waals surface area contributed by atoms with Gasteiger partial charge in [-0.2, -0.15) is 0 Å². The number of rotatable bonds is 4. The second-order valence-electron chi connectivity index (χ2n) is 6.49. The van der Waals surface area contributed by atoms with Crippen LogP contribution in [0.2, 0.25) is 0 Å². The molecule has 1 fully saturated rings. The maximum absolute atomic E-state index is 5.82. The van der Waals surface area contributed by atoms with Gasteiger partial charge in [-0.1, -0.05) is 57.9 Å². The molecule has 0 heterocycles. The highest BCUT2D eigenvalue weighted by atomic mass is 15.2. The van der Waals surface area contributed by atoms with E-state index >= 15 is 0 Å². The van der Waals surface area contributed by atoms with E-state index in [1.807, 2.05) is 0 Å². The predicted octanol–water partition coefficient (Wildman–Crippen LogP) is 4.14. The Morgan fingerprint density at radius 1 is 1.00 bits per heavy atom. The number of nitrogens with two attached hydrogens (primary N) is 1. The minimum Gasteiger partial charge on any atom is -0.271 e. The fraction of sp³-hybridized carbons (Fsp3) is 0.647. The number of hydrogen-bond acceptors (Lipinski definition) is 2. The Labute approximate surface area is 117 Å². The first-order valence-corrected chi connectivity index (χ1v) is 7.67. The topological polar surface area (TPSA) is 38.0 Å². The quantitative estimate of drug-likeness (QED) is 0.630. The number of nitrogens with one attached hydrogen (secondary N) is 1. The Morgan fingerprint density at radius 2 is 1.53 bits per heavy atom. The minimum absolute atomic E-state index is 0.314. The van der Waals surface area contributed by atoms with E-state index in [1.54, 1.807) is 0 Å². The van der Waals surface area contributed by atoms with Gasteiger partial charge in [0.2, 0.25) is 0 Å². The molecular formula is C17H28N2. The molecule has 106 valence electrons. The summed E-state index contributed by atoms with van der Waals surface area (Å²) < 4.78 is 0. The Bertz CT molecular complexity index is 375. The van der Waals surface area contributed by atoms with Gasteiger partial charge in [0.15, 0.2) is 0 Å². The summed E-state index contributed by atoms with van der Waals surface area (Å²) in [7, 11) is 0. The fourth-order valence-corrected chi connectivity index (χ4v) is 3.21. The zero-order chi connectivity index (χ0) is 13.8. The smallest absolute Gasteiger partial charge is 0.0488 e. The van der Waals surface area contributed by atoms with Crippen molar-refractivity contribution < 1.29 is 0 Å². The first-order valence-electron chi connectivity index (χ1n) is 7.67. The van der Waals surface area contributed by atoms with E-state index in [0.717, 1.165) is 5.92 Å². The highest BCUT2D eigenvalue weighted by Gasteiger charge is 2.26. The molecular weight excluding hydrogens is 232 g/mol. The third-order valence-corrected chi connectivity index (χ3v) is 4.67. The second kappa shape index (κ2) is 6.53. The summed E-state index contributed by atoms with van der Waals surface area (Å²) in [6.07, 6.45) is 5.27. The lowest BCUT2D eigenvalue weighted by Gasteiger charge is -2.32. The van der Waals surface area contributed by atoms with Crippen LogP contribution in [0.1, 0.15) is 69.5 Å². The Morgan fingerprint density at radius 3 is 2.00 bits per heavy atom. The Hall–Kier alpha value is -0.860. The van der Waals surface area contributed by atoms with Crippen LogP contribution in [0.4, 0.5) is 0 Å². The molecule has 0 saturated heterocycles. The summed E-state index contributed by atoms with van der Waals surface area (Å²) in [5.74, 6) is 7.98. The van der Waals surface area contributed by atoms with E-state index in [1.165, 1.54) is 36.8 Å². The Balaban J connectivity index is 2.08. The van der Waals surface area contributed by atoms with Gasteiger partial charge < -0.3 is 0 Å². The van der Waals surface area contributed by atoms with Crippen LogP contribution in [-0.4, -0.2) is 0 Å². The minimum atomic E-state index is 0.314. The van der Waals surface area contributed by atoms with Gasteiger partial charge in [-0.15, -0.1) is 0 Å². The van der Waals surface area contributed by atoms with Crippen LogP contribution in [0.3, 0.4) is 0 Å². The molecule has 0 aliphatic heterocycles. The Kier molecular flexibility index (Phi) is 5.00. The summed E-state index contributed by atoms with van der Waals surface area (Å²) in [5, 5.41) is 0. The normalized spacial score (nSPS) is 25.5. The van der Waals surface area contributed by atoms with E-state index < -0.39 is 0 Å². The molecule has 1 saturated carbocycles. The maximum atomic E-state index is 5.82. The molecule has 1 aromatic rings. The third kappa shape index (κ3) is 3.58. The average Bonchev–Trinajstić information content (AvgIpc) is 2.42. The van der Waals surface area contributed by atoms with Gasteiger partial charge in [-0.3, -0.25) is 11.3 Å². The van der Waals surface area contributed by atoms with Crippen molar-refractivity contribution in [2.75, 3.05) is 0 Å². The van der Waals surface area contributed by atoms with E-state index in [0.29, 0.717) is 17.9 Å². The van der Waals surface area contributed by atoms with Crippen LogP contribution in [0.25, 0.3) is 0 Å². The average molecular weight is 260 g/mol. The molecule has 2 rings (SSSR count).